The summed E-state index contributed by atoms with van der Waals surface area (Å²) in [6.07, 6.45) is 0.736. The van der Waals surface area contributed by atoms with E-state index in [0.717, 1.165) is 27.9 Å². The highest BCUT2D eigenvalue weighted by Crippen LogP contribution is 2.44. The molecule has 0 fully saturated rings. The second-order valence-corrected chi connectivity index (χ2v) is 15.2. The van der Waals surface area contributed by atoms with E-state index in [0.29, 0.717) is 30.7 Å². The maximum atomic E-state index is 6.25. The Morgan fingerprint density at radius 1 is 0.886 bits per heavy atom. The fraction of sp³-hybridized carbons (Fsp3) is 0.306. The lowest BCUT2D eigenvalue weighted by atomic mass is 9.86. The first-order valence-electron chi connectivity index (χ1n) is 14.8. The van der Waals surface area contributed by atoms with Gasteiger partial charge in [0.05, 0.1) is 5.52 Å². The highest BCUT2D eigenvalue weighted by molar-refractivity contribution is 8.00. The largest absolute Gasteiger partial charge is 0.473 e. The Labute approximate surface area is 267 Å². The lowest BCUT2D eigenvalue weighted by molar-refractivity contribution is 0.295. The standard InChI is InChI=1S/C36H37ClN4O2S/c1-23-38-34(40-43-23)36(5,6)20-31-33(44-35(2,3)4)28-19-25(22-42-32-18-14-26-9-7-8-10-29(26)39-32)13-17-30(28)41(31)21-24-11-15-27(37)16-12-24/h7-19H,20-22H2,1-6H3. The number of para-hydroxylation sites is 1. The summed E-state index contributed by atoms with van der Waals surface area (Å²) in [6, 6.07) is 26.8. The van der Waals surface area contributed by atoms with Gasteiger partial charge < -0.3 is 13.8 Å². The lowest BCUT2D eigenvalue weighted by Gasteiger charge is -2.25. The summed E-state index contributed by atoms with van der Waals surface area (Å²) >= 11 is 8.14. The number of benzene rings is 3. The van der Waals surface area contributed by atoms with E-state index in [1.165, 1.54) is 27.1 Å². The summed E-state index contributed by atoms with van der Waals surface area (Å²) in [5.74, 6) is 1.90. The smallest absolute Gasteiger partial charge is 0.223 e. The van der Waals surface area contributed by atoms with Crippen LogP contribution in [-0.2, 0) is 25.0 Å². The van der Waals surface area contributed by atoms with Crippen LogP contribution in [0.5, 0.6) is 5.88 Å². The van der Waals surface area contributed by atoms with Gasteiger partial charge >= 0.3 is 0 Å². The number of halogens is 1. The first-order valence-corrected chi connectivity index (χ1v) is 16.0. The van der Waals surface area contributed by atoms with Gasteiger partial charge in [-0.1, -0.05) is 87.8 Å². The maximum absolute atomic E-state index is 6.25. The molecule has 0 aliphatic rings. The minimum absolute atomic E-state index is 0.0114. The summed E-state index contributed by atoms with van der Waals surface area (Å²) in [4.78, 5) is 10.6. The van der Waals surface area contributed by atoms with Crippen molar-refractivity contribution in [2.75, 3.05) is 0 Å². The first kappa shape index (κ1) is 30.2. The van der Waals surface area contributed by atoms with Gasteiger partial charge in [0.15, 0.2) is 5.82 Å². The predicted octanol–water partition coefficient (Wildman–Crippen LogP) is 9.57. The highest BCUT2D eigenvalue weighted by atomic mass is 35.5. The first-order chi connectivity index (χ1) is 20.9. The van der Waals surface area contributed by atoms with Crippen LogP contribution in [0, 0.1) is 6.92 Å². The monoisotopic (exact) mass is 624 g/mol. The Morgan fingerprint density at radius 3 is 2.36 bits per heavy atom. The lowest BCUT2D eigenvalue weighted by Crippen LogP contribution is -2.25. The van der Waals surface area contributed by atoms with E-state index in [2.05, 4.69) is 91.8 Å². The molecule has 6 rings (SSSR count). The molecule has 0 radical (unpaired) electrons. The molecular weight excluding hydrogens is 588 g/mol. The molecule has 8 heteroatoms. The SMILES string of the molecule is Cc1nc(C(C)(C)Cc2c(SC(C)(C)C)c3cc(COc4ccc5ccccc5n4)ccc3n2Cc2ccc(Cl)cc2)no1. The third-order valence-corrected chi connectivity index (χ3v) is 9.07. The number of pyridine rings is 1. The van der Waals surface area contributed by atoms with Gasteiger partial charge in [-0.3, -0.25) is 0 Å². The van der Waals surface area contributed by atoms with Gasteiger partial charge in [0.2, 0.25) is 11.8 Å². The van der Waals surface area contributed by atoms with Gasteiger partial charge in [0, 0.05) is 68.0 Å². The van der Waals surface area contributed by atoms with Gasteiger partial charge in [0.1, 0.15) is 6.61 Å². The summed E-state index contributed by atoms with van der Waals surface area (Å²) in [5, 5.41) is 7.35. The number of aryl methyl sites for hydroxylation is 1. The van der Waals surface area contributed by atoms with Crippen molar-refractivity contribution >= 4 is 45.2 Å². The van der Waals surface area contributed by atoms with Crippen LogP contribution in [0.2, 0.25) is 5.02 Å². The van der Waals surface area contributed by atoms with Crippen molar-refractivity contribution in [3.63, 3.8) is 0 Å². The molecular formula is C36H37ClN4O2S. The molecule has 6 nitrogen and oxygen atoms in total. The summed E-state index contributed by atoms with van der Waals surface area (Å²) in [6.45, 7) is 14.1. The van der Waals surface area contributed by atoms with E-state index in [4.69, 9.17) is 25.8 Å². The molecule has 0 bridgehead atoms. The average molecular weight is 625 g/mol. The zero-order valence-corrected chi connectivity index (χ0v) is 27.6. The molecule has 3 aromatic carbocycles. The molecule has 0 N–H and O–H groups in total. The fourth-order valence-corrected chi connectivity index (χ4v) is 6.73. The molecule has 6 aromatic rings. The third-order valence-electron chi connectivity index (χ3n) is 7.55. The van der Waals surface area contributed by atoms with Crippen molar-refractivity contribution in [1.82, 2.24) is 19.7 Å². The fourth-order valence-electron chi connectivity index (χ4n) is 5.42. The molecule has 0 saturated carbocycles. The van der Waals surface area contributed by atoms with E-state index >= 15 is 0 Å². The van der Waals surface area contributed by atoms with E-state index in [1.54, 1.807) is 0 Å². The van der Waals surface area contributed by atoms with Gasteiger partial charge in [-0.05, 0) is 47.5 Å². The zero-order valence-electron chi connectivity index (χ0n) is 26.0. The molecule has 44 heavy (non-hydrogen) atoms. The molecule has 226 valence electrons. The molecule has 3 aromatic heterocycles. The van der Waals surface area contributed by atoms with Gasteiger partial charge in [-0.15, -0.1) is 11.8 Å². The number of hydrogen-bond acceptors (Lipinski definition) is 6. The number of thioether (sulfide) groups is 1. The Balaban J connectivity index is 1.43. The second-order valence-electron chi connectivity index (χ2n) is 12.9. The van der Waals surface area contributed by atoms with Gasteiger partial charge in [-0.2, -0.15) is 4.98 Å². The van der Waals surface area contributed by atoms with E-state index < -0.39 is 0 Å². The van der Waals surface area contributed by atoms with Crippen LogP contribution < -0.4 is 4.74 Å². The van der Waals surface area contributed by atoms with Crippen LogP contribution >= 0.6 is 23.4 Å². The Hall–Kier alpha value is -3.81. The number of aromatic nitrogens is 4. The van der Waals surface area contributed by atoms with Crippen LogP contribution in [0.3, 0.4) is 0 Å². The Kier molecular flexibility index (Phi) is 8.20. The summed E-state index contributed by atoms with van der Waals surface area (Å²) in [5.41, 5.74) is 5.26. The average Bonchev–Trinajstić information content (AvgIpc) is 3.54. The van der Waals surface area contributed by atoms with Crippen LogP contribution in [0.1, 0.15) is 63.2 Å². The zero-order chi connectivity index (χ0) is 31.1. The second kappa shape index (κ2) is 11.9. The minimum atomic E-state index is -0.356. The quantitative estimate of drug-likeness (QED) is 0.149. The summed E-state index contributed by atoms with van der Waals surface area (Å²) in [7, 11) is 0. The van der Waals surface area contributed by atoms with E-state index in [1.807, 2.05) is 55.1 Å². The van der Waals surface area contributed by atoms with Crippen molar-refractivity contribution in [3.05, 3.63) is 112 Å². The normalized spacial score (nSPS) is 12.3. The molecule has 0 aliphatic carbocycles. The Bertz CT molecular complexity index is 1940. The Morgan fingerprint density at radius 2 is 1.64 bits per heavy atom. The van der Waals surface area contributed by atoms with Crippen molar-refractivity contribution in [2.24, 2.45) is 0 Å². The van der Waals surface area contributed by atoms with Crippen molar-refractivity contribution in [1.29, 1.82) is 0 Å². The molecule has 0 saturated heterocycles. The van der Waals surface area contributed by atoms with Crippen molar-refractivity contribution in [3.8, 4) is 5.88 Å². The molecule has 0 aliphatic heterocycles. The topological polar surface area (TPSA) is 66.0 Å². The highest BCUT2D eigenvalue weighted by Gasteiger charge is 2.32. The number of fused-ring (bicyclic) bond motifs is 2. The van der Waals surface area contributed by atoms with Crippen LogP contribution in [0.4, 0.5) is 0 Å². The van der Waals surface area contributed by atoms with Gasteiger partial charge in [-0.25, -0.2) is 4.98 Å². The predicted molar refractivity (Wildman–Crippen MR) is 180 cm³/mol. The number of nitrogens with zero attached hydrogens (tertiary/aromatic N) is 4. The third kappa shape index (κ3) is 6.64. The number of ether oxygens (including phenoxy) is 1. The van der Waals surface area contributed by atoms with Crippen molar-refractivity contribution < 1.29 is 9.26 Å². The van der Waals surface area contributed by atoms with Gasteiger partial charge in [0.25, 0.3) is 0 Å². The van der Waals surface area contributed by atoms with Crippen LogP contribution in [0.25, 0.3) is 21.8 Å². The maximum Gasteiger partial charge on any atom is 0.223 e. The van der Waals surface area contributed by atoms with E-state index in [-0.39, 0.29) is 10.2 Å². The van der Waals surface area contributed by atoms with Crippen molar-refractivity contribution in [2.45, 2.75) is 76.2 Å². The molecule has 0 atom stereocenters. The van der Waals surface area contributed by atoms with E-state index in [9.17, 15) is 0 Å². The molecule has 0 unspecified atom stereocenters. The molecule has 0 amide bonds. The number of hydrogen-bond donors (Lipinski definition) is 0. The van der Waals surface area contributed by atoms with Crippen LogP contribution in [0.15, 0.2) is 88.3 Å². The van der Waals surface area contributed by atoms with Crippen LogP contribution in [-0.4, -0.2) is 24.4 Å². The molecule has 0 spiro atoms. The number of rotatable bonds is 9. The molecule has 3 heterocycles. The minimum Gasteiger partial charge on any atom is -0.473 e. The summed E-state index contributed by atoms with van der Waals surface area (Å²) < 4.78 is 14.0.